The van der Waals surface area contributed by atoms with Gasteiger partial charge in [-0.25, -0.2) is 0 Å². The van der Waals surface area contributed by atoms with E-state index < -0.39 is 0 Å². The van der Waals surface area contributed by atoms with Crippen LogP contribution >= 0.6 is 12.2 Å². The summed E-state index contributed by atoms with van der Waals surface area (Å²) in [4.78, 5) is 4.27. The van der Waals surface area contributed by atoms with E-state index in [2.05, 4.69) is 36.1 Å². The molecule has 0 spiro atoms. The summed E-state index contributed by atoms with van der Waals surface area (Å²) in [7, 11) is 4.10. The maximum Gasteiger partial charge on any atom is 0.174 e. The molecule has 0 aliphatic carbocycles. The van der Waals surface area contributed by atoms with E-state index in [1.807, 2.05) is 43.3 Å². The molecular weight excluding hydrogens is 334 g/mol. The van der Waals surface area contributed by atoms with E-state index in [0.717, 1.165) is 30.3 Å². The summed E-state index contributed by atoms with van der Waals surface area (Å²) in [6, 6.07) is 11.7. The second-order valence-electron chi connectivity index (χ2n) is 6.05. The number of ether oxygens (including phenoxy) is 1. The van der Waals surface area contributed by atoms with Crippen LogP contribution in [0.1, 0.15) is 25.6 Å². The third-order valence-electron chi connectivity index (χ3n) is 3.90. The molecule has 1 aromatic carbocycles. The first kappa shape index (κ1) is 19.3. The second-order valence-corrected chi connectivity index (χ2v) is 6.43. The number of likely N-dealkylation sites (N-methyl/N-ethyl adjacent to an activating group) is 1. The molecule has 0 saturated carbocycles. The fourth-order valence-electron chi connectivity index (χ4n) is 2.50. The number of furan rings is 1. The highest BCUT2D eigenvalue weighted by Gasteiger charge is 2.21. The monoisotopic (exact) mass is 361 g/mol. The molecule has 1 unspecified atom stereocenters. The zero-order chi connectivity index (χ0) is 18.2. The number of anilines is 1. The standard InChI is InChI=1S/C19H27N3O2S/c1-5-23-18-10-7-6-9-16(18)20-19(25)22(13-12-21(3)4)15(2)17-11-8-14-24-17/h6-11,14-15H,5,12-13H2,1-4H3,(H,20,25). The number of hydrogen-bond donors (Lipinski definition) is 1. The first-order valence-electron chi connectivity index (χ1n) is 8.50. The number of thiocarbonyl (C=S) groups is 1. The largest absolute Gasteiger partial charge is 0.492 e. The molecule has 0 aliphatic rings. The zero-order valence-electron chi connectivity index (χ0n) is 15.4. The lowest BCUT2D eigenvalue weighted by atomic mass is 10.2. The van der Waals surface area contributed by atoms with E-state index in [1.165, 1.54) is 0 Å². The van der Waals surface area contributed by atoms with Crippen molar-refractivity contribution in [3.8, 4) is 5.75 Å². The van der Waals surface area contributed by atoms with E-state index >= 15 is 0 Å². The molecule has 0 bridgehead atoms. The van der Waals surface area contributed by atoms with Gasteiger partial charge in [0, 0.05) is 13.1 Å². The van der Waals surface area contributed by atoms with Crippen molar-refractivity contribution in [1.82, 2.24) is 9.80 Å². The molecule has 25 heavy (non-hydrogen) atoms. The van der Waals surface area contributed by atoms with Crippen LogP contribution in [0.2, 0.25) is 0 Å². The van der Waals surface area contributed by atoms with Crippen LogP contribution in [-0.4, -0.2) is 48.7 Å². The van der Waals surface area contributed by atoms with Gasteiger partial charge in [-0.1, -0.05) is 12.1 Å². The predicted molar refractivity (Wildman–Crippen MR) is 106 cm³/mol. The number of hydrogen-bond acceptors (Lipinski definition) is 4. The summed E-state index contributed by atoms with van der Waals surface area (Å²) in [5.41, 5.74) is 0.871. The molecule has 0 amide bonds. The minimum Gasteiger partial charge on any atom is -0.492 e. The fraction of sp³-hybridized carbons (Fsp3) is 0.421. The van der Waals surface area contributed by atoms with Gasteiger partial charge in [0.05, 0.1) is 24.6 Å². The van der Waals surface area contributed by atoms with E-state index in [4.69, 9.17) is 21.4 Å². The van der Waals surface area contributed by atoms with Crippen LogP contribution in [0.5, 0.6) is 5.75 Å². The second kappa shape index (κ2) is 9.44. The van der Waals surface area contributed by atoms with Gasteiger partial charge in [-0.15, -0.1) is 0 Å². The van der Waals surface area contributed by atoms with E-state index in [-0.39, 0.29) is 6.04 Å². The highest BCUT2D eigenvalue weighted by atomic mass is 32.1. The molecule has 0 saturated heterocycles. The molecule has 136 valence electrons. The highest BCUT2D eigenvalue weighted by Crippen LogP contribution is 2.26. The lowest BCUT2D eigenvalue weighted by Crippen LogP contribution is -2.40. The fourth-order valence-corrected chi connectivity index (χ4v) is 2.86. The number of benzene rings is 1. The van der Waals surface area contributed by atoms with Crippen LogP contribution in [-0.2, 0) is 0 Å². The Morgan fingerprint density at radius 2 is 1.96 bits per heavy atom. The van der Waals surface area contributed by atoms with Crippen molar-refractivity contribution < 1.29 is 9.15 Å². The average molecular weight is 362 g/mol. The Labute approximate surface area is 155 Å². The lowest BCUT2D eigenvalue weighted by Gasteiger charge is -2.32. The Morgan fingerprint density at radius 1 is 1.20 bits per heavy atom. The molecule has 1 heterocycles. The third-order valence-corrected chi connectivity index (χ3v) is 4.24. The van der Waals surface area contributed by atoms with E-state index in [1.54, 1.807) is 6.26 Å². The van der Waals surface area contributed by atoms with Crippen molar-refractivity contribution >= 4 is 23.0 Å². The zero-order valence-corrected chi connectivity index (χ0v) is 16.2. The molecule has 1 atom stereocenters. The summed E-state index contributed by atoms with van der Waals surface area (Å²) in [6.45, 7) is 6.35. The minimum atomic E-state index is 0.0363. The molecule has 2 rings (SSSR count). The Balaban J connectivity index is 2.17. The van der Waals surface area contributed by atoms with Gasteiger partial charge in [-0.2, -0.15) is 0 Å². The van der Waals surface area contributed by atoms with Gasteiger partial charge in [0.15, 0.2) is 5.11 Å². The Bertz CT molecular complexity index is 658. The van der Waals surface area contributed by atoms with Crippen molar-refractivity contribution in [3.05, 3.63) is 48.4 Å². The molecule has 5 nitrogen and oxygen atoms in total. The number of rotatable bonds is 8. The van der Waals surface area contributed by atoms with Gasteiger partial charge >= 0.3 is 0 Å². The maximum atomic E-state index is 5.70. The smallest absolute Gasteiger partial charge is 0.174 e. The first-order chi connectivity index (χ1) is 12.0. The molecule has 6 heteroatoms. The highest BCUT2D eigenvalue weighted by molar-refractivity contribution is 7.80. The van der Waals surface area contributed by atoms with Gasteiger partial charge < -0.3 is 24.3 Å². The Kier molecular flexibility index (Phi) is 7.28. The van der Waals surface area contributed by atoms with Crippen LogP contribution in [0.4, 0.5) is 5.69 Å². The van der Waals surface area contributed by atoms with Crippen molar-refractivity contribution in [2.75, 3.05) is 39.1 Å². The average Bonchev–Trinajstić information content (AvgIpc) is 3.11. The van der Waals surface area contributed by atoms with Gasteiger partial charge in [0.25, 0.3) is 0 Å². The molecular formula is C19H27N3O2S. The Morgan fingerprint density at radius 3 is 2.60 bits per heavy atom. The topological polar surface area (TPSA) is 40.9 Å². The van der Waals surface area contributed by atoms with Gasteiger partial charge in [-0.3, -0.25) is 0 Å². The van der Waals surface area contributed by atoms with Gasteiger partial charge in [0.2, 0.25) is 0 Å². The van der Waals surface area contributed by atoms with Crippen LogP contribution in [0.25, 0.3) is 0 Å². The number of para-hydroxylation sites is 2. The van der Waals surface area contributed by atoms with Crippen LogP contribution < -0.4 is 10.1 Å². The normalized spacial score (nSPS) is 12.0. The van der Waals surface area contributed by atoms with Crippen LogP contribution in [0.15, 0.2) is 47.1 Å². The first-order valence-corrected chi connectivity index (χ1v) is 8.91. The Hall–Kier alpha value is -2.05. The van der Waals surface area contributed by atoms with Crippen molar-refractivity contribution in [3.63, 3.8) is 0 Å². The summed E-state index contributed by atoms with van der Waals surface area (Å²) >= 11 is 5.70. The third kappa shape index (κ3) is 5.47. The molecule has 1 aromatic heterocycles. The summed E-state index contributed by atoms with van der Waals surface area (Å²) in [6.07, 6.45) is 1.69. The van der Waals surface area contributed by atoms with E-state index in [9.17, 15) is 0 Å². The van der Waals surface area contributed by atoms with Crippen molar-refractivity contribution in [2.45, 2.75) is 19.9 Å². The number of nitrogens with one attached hydrogen (secondary N) is 1. The summed E-state index contributed by atoms with van der Waals surface area (Å²) in [5.74, 6) is 1.69. The molecule has 1 N–H and O–H groups in total. The minimum absolute atomic E-state index is 0.0363. The van der Waals surface area contributed by atoms with Gasteiger partial charge in [-0.05, 0) is 64.4 Å². The maximum absolute atomic E-state index is 5.70. The van der Waals surface area contributed by atoms with Crippen molar-refractivity contribution in [1.29, 1.82) is 0 Å². The molecule has 2 aromatic rings. The van der Waals surface area contributed by atoms with Crippen molar-refractivity contribution in [2.24, 2.45) is 0 Å². The van der Waals surface area contributed by atoms with E-state index in [0.29, 0.717) is 11.7 Å². The summed E-state index contributed by atoms with van der Waals surface area (Å²) < 4.78 is 11.3. The molecule has 0 aliphatic heterocycles. The predicted octanol–water partition coefficient (Wildman–Crippen LogP) is 4.00. The quantitative estimate of drug-likeness (QED) is 0.717. The van der Waals surface area contributed by atoms with Gasteiger partial charge in [0.1, 0.15) is 11.5 Å². The lowest BCUT2D eigenvalue weighted by molar-refractivity contribution is 0.263. The summed E-state index contributed by atoms with van der Waals surface area (Å²) in [5, 5.41) is 3.99. The molecule has 0 fully saturated rings. The van der Waals surface area contributed by atoms with Crippen LogP contribution in [0.3, 0.4) is 0 Å². The molecule has 0 radical (unpaired) electrons. The van der Waals surface area contributed by atoms with Crippen LogP contribution in [0, 0.1) is 0 Å². The SMILES string of the molecule is CCOc1ccccc1NC(=S)N(CCN(C)C)C(C)c1ccco1. The number of nitrogens with zero attached hydrogens (tertiary/aromatic N) is 2.